The van der Waals surface area contributed by atoms with Gasteiger partial charge in [0, 0.05) is 16.6 Å². The molecule has 102 valence electrons. The summed E-state index contributed by atoms with van der Waals surface area (Å²) in [7, 11) is 0. The van der Waals surface area contributed by atoms with Crippen molar-refractivity contribution in [1.29, 1.82) is 0 Å². The summed E-state index contributed by atoms with van der Waals surface area (Å²) in [4.78, 5) is 9.92. The third kappa shape index (κ3) is 4.47. The standard InChI is InChI=1S/C13H16BrN3OS/c1-8(2)18-12-6-9(3)16-13(17-12)15-7-10-4-5-11(14)19-10/h4-6,8H,7H2,1-3H3,(H,15,16,17). The zero-order chi connectivity index (χ0) is 13.8. The van der Waals surface area contributed by atoms with Crippen molar-refractivity contribution < 1.29 is 4.74 Å². The van der Waals surface area contributed by atoms with E-state index in [0.29, 0.717) is 18.4 Å². The second-order valence-electron chi connectivity index (χ2n) is 4.40. The van der Waals surface area contributed by atoms with Gasteiger partial charge in [-0.3, -0.25) is 0 Å². The summed E-state index contributed by atoms with van der Waals surface area (Å²) >= 11 is 5.14. The van der Waals surface area contributed by atoms with Crippen LogP contribution in [0.2, 0.25) is 0 Å². The van der Waals surface area contributed by atoms with Crippen molar-refractivity contribution in [3.63, 3.8) is 0 Å². The molecule has 0 unspecified atom stereocenters. The summed E-state index contributed by atoms with van der Waals surface area (Å²) in [6.07, 6.45) is 0.107. The molecule has 2 heterocycles. The lowest BCUT2D eigenvalue weighted by Crippen LogP contribution is -2.10. The van der Waals surface area contributed by atoms with Gasteiger partial charge in [-0.1, -0.05) is 0 Å². The Labute approximate surface area is 125 Å². The maximum Gasteiger partial charge on any atom is 0.226 e. The van der Waals surface area contributed by atoms with E-state index in [2.05, 4.69) is 37.3 Å². The first-order chi connectivity index (χ1) is 9.02. The van der Waals surface area contributed by atoms with Crippen molar-refractivity contribution in [1.82, 2.24) is 9.97 Å². The Kier molecular flexibility index (Phi) is 4.76. The summed E-state index contributed by atoms with van der Waals surface area (Å²) in [5.74, 6) is 1.21. The number of nitrogens with zero attached hydrogens (tertiary/aromatic N) is 2. The fourth-order valence-corrected chi connectivity index (χ4v) is 2.96. The maximum absolute atomic E-state index is 5.60. The summed E-state index contributed by atoms with van der Waals surface area (Å²) in [6.45, 7) is 6.60. The zero-order valence-electron chi connectivity index (χ0n) is 11.1. The van der Waals surface area contributed by atoms with Crippen molar-refractivity contribution in [3.05, 3.63) is 32.6 Å². The molecule has 19 heavy (non-hydrogen) atoms. The predicted molar refractivity (Wildman–Crippen MR) is 81.9 cm³/mol. The van der Waals surface area contributed by atoms with Crippen LogP contribution in [0.4, 0.5) is 5.95 Å². The number of rotatable bonds is 5. The topological polar surface area (TPSA) is 47.0 Å². The van der Waals surface area contributed by atoms with Gasteiger partial charge in [-0.05, 0) is 48.8 Å². The third-order valence-corrected chi connectivity index (χ3v) is 3.86. The van der Waals surface area contributed by atoms with E-state index < -0.39 is 0 Å². The van der Waals surface area contributed by atoms with Crippen LogP contribution >= 0.6 is 27.3 Å². The second-order valence-corrected chi connectivity index (χ2v) is 6.94. The van der Waals surface area contributed by atoms with Crippen molar-refractivity contribution in [2.24, 2.45) is 0 Å². The number of thiophene rings is 1. The summed E-state index contributed by atoms with van der Waals surface area (Å²) in [6, 6.07) is 5.95. The molecule has 0 spiro atoms. The number of nitrogens with one attached hydrogen (secondary N) is 1. The van der Waals surface area contributed by atoms with E-state index in [1.165, 1.54) is 4.88 Å². The first-order valence-electron chi connectivity index (χ1n) is 6.03. The van der Waals surface area contributed by atoms with Gasteiger partial charge >= 0.3 is 0 Å². The molecular weight excluding hydrogens is 326 g/mol. The van der Waals surface area contributed by atoms with Crippen LogP contribution in [-0.2, 0) is 6.54 Å². The molecule has 2 aromatic rings. The van der Waals surface area contributed by atoms with Crippen LogP contribution in [-0.4, -0.2) is 16.1 Å². The molecule has 0 fully saturated rings. The summed E-state index contributed by atoms with van der Waals surface area (Å²) in [5, 5.41) is 3.22. The minimum absolute atomic E-state index is 0.107. The van der Waals surface area contributed by atoms with Gasteiger partial charge in [-0.15, -0.1) is 11.3 Å². The molecule has 2 aromatic heterocycles. The number of hydrogen-bond acceptors (Lipinski definition) is 5. The highest BCUT2D eigenvalue weighted by Crippen LogP contribution is 2.22. The van der Waals surface area contributed by atoms with Crippen LogP contribution < -0.4 is 10.1 Å². The van der Waals surface area contributed by atoms with Gasteiger partial charge < -0.3 is 10.1 Å². The number of halogens is 1. The lowest BCUT2D eigenvalue weighted by atomic mass is 10.4. The van der Waals surface area contributed by atoms with Gasteiger partial charge in [0.05, 0.1) is 16.4 Å². The van der Waals surface area contributed by atoms with E-state index in [-0.39, 0.29) is 6.10 Å². The van der Waals surface area contributed by atoms with Crippen molar-refractivity contribution in [2.45, 2.75) is 33.4 Å². The molecule has 1 N–H and O–H groups in total. The Hall–Kier alpha value is -1.14. The minimum Gasteiger partial charge on any atom is -0.475 e. The molecular formula is C13H16BrN3OS. The van der Waals surface area contributed by atoms with Gasteiger partial charge in [0.15, 0.2) is 0 Å². The molecule has 0 atom stereocenters. The van der Waals surface area contributed by atoms with Crippen molar-refractivity contribution in [3.8, 4) is 5.88 Å². The molecule has 6 heteroatoms. The fourth-order valence-electron chi connectivity index (χ4n) is 1.53. The van der Waals surface area contributed by atoms with E-state index in [1.54, 1.807) is 11.3 Å². The number of aromatic nitrogens is 2. The Balaban J connectivity index is 2.05. The van der Waals surface area contributed by atoms with E-state index in [0.717, 1.165) is 9.48 Å². The van der Waals surface area contributed by atoms with Gasteiger partial charge in [-0.2, -0.15) is 4.98 Å². The normalized spacial score (nSPS) is 10.8. The molecule has 0 aliphatic heterocycles. The van der Waals surface area contributed by atoms with Crippen molar-refractivity contribution in [2.75, 3.05) is 5.32 Å². The minimum atomic E-state index is 0.107. The lowest BCUT2D eigenvalue weighted by Gasteiger charge is -2.11. The monoisotopic (exact) mass is 341 g/mol. The molecule has 0 aliphatic carbocycles. The highest BCUT2D eigenvalue weighted by molar-refractivity contribution is 9.11. The number of anilines is 1. The van der Waals surface area contributed by atoms with E-state index in [4.69, 9.17) is 4.74 Å². The third-order valence-electron chi connectivity index (χ3n) is 2.24. The highest BCUT2D eigenvalue weighted by Gasteiger charge is 2.05. The Morgan fingerprint density at radius 2 is 2.16 bits per heavy atom. The quantitative estimate of drug-likeness (QED) is 0.892. The fraction of sp³-hybridized carbons (Fsp3) is 0.385. The molecule has 0 bridgehead atoms. The molecule has 0 saturated heterocycles. The molecule has 4 nitrogen and oxygen atoms in total. The lowest BCUT2D eigenvalue weighted by molar-refractivity contribution is 0.232. The maximum atomic E-state index is 5.60. The molecule has 0 aliphatic rings. The van der Waals surface area contributed by atoms with Crippen LogP contribution in [0.25, 0.3) is 0 Å². The molecule has 0 radical (unpaired) electrons. The first-order valence-corrected chi connectivity index (χ1v) is 7.64. The van der Waals surface area contributed by atoms with Gasteiger partial charge in [0.1, 0.15) is 0 Å². The smallest absolute Gasteiger partial charge is 0.226 e. The van der Waals surface area contributed by atoms with Crippen molar-refractivity contribution >= 4 is 33.2 Å². The highest BCUT2D eigenvalue weighted by atomic mass is 79.9. The average Bonchev–Trinajstić information content (AvgIpc) is 2.71. The van der Waals surface area contributed by atoms with Gasteiger partial charge in [-0.25, -0.2) is 4.98 Å². The van der Waals surface area contributed by atoms with Gasteiger partial charge in [0.25, 0.3) is 0 Å². The van der Waals surface area contributed by atoms with Crippen LogP contribution in [0.1, 0.15) is 24.4 Å². The number of ether oxygens (including phenoxy) is 1. The molecule has 0 saturated carbocycles. The van der Waals surface area contributed by atoms with E-state index >= 15 is 0 Å². The Morgan fingerprint density at radius 3 is 2.79 bits per heavy atom. The Morgan fingerprint density at radius 1 is 1.37 bits per heavy atom. The second kappa shape index (κ2) is 6.34. The predicted octanol–water partition coefficient (Wildman–Crippen LogP) is 4.01. The van der Waals surface area contributed by atoms with Crippen LogP contribution in [0.15, 0.2) is 22.0 Å². The van der Waals surface area contributed by atoms with Gasteiger partial charge in [0.2, 0.25) is 11.8 Å². The van der Waals surface area contributed by atoms with E-state index in [1.807, 2.05) is 32.9 Å². The van der Waals surface area contributed by atoms with E-state index in [9.17, 15) is 0 Å². The molecule has 2 rings (SSSR count). The average molecular weight is 342 g/mol. The molecule has 0 aromatic carbocycles. The number of hydrogen-bond donors (Lipinski definition) is 1. The number of aryl methyl sites for hydroxylation is 1. The summed E-state index contributed by atoms with van der Waals surface area (Å²) < 4.78 is 6.72. The van der Waals surface area contributed by atoms with Crippen LogP contribution in [0.5, 0.6) is 5.88 Å². The zero-order valence-corrected chi connectivity index (χ0v) is 13.5. The van der Waals surface area contributed by atoms with Crippen LogP contribution in [0.3, 0.4) is 0 Å². The molecule has 0 amide bonds. The summed E-state index contributed by atoms with van der Waals surface area (Å²) in [5.41, 5.74) is 0.889. The first kappa shape index (κ1) is 14.3. The SMILES string of the molecule is Cc1cc(OC(C)C)nc(NCc2ccc(Br)s2)n1. The van der Waals surface area contributed by atoms with Crippen LogP contribution in [0, 0.1) is 6.92 Å². The largest absolute Gasteiger partial charge is 0.475 e. The Bertz CT molecular complexity index is 557.